The van der Waals surface area contributed by atoms with Crippen molar-refractivity contribution in [1.29, 1.82) is 0 Å². The molecule has 136 valence electrons. The molecule has 0 aliphatic rings. The molecule has 0 atom stereocenters. The van der Waals surface area contributed by atoms with Crippen LogP contribution in [0.15, 0.2) is 48.5 Å². The van der Waals surface area contributed by atoms with Crippen LogP contribution in [0.4, 0.5) is 11.4 Å². The Labute approximate surface area is 151 Å². The minimum atomic E-state index is -0.514. The summed E-state index contributed by atoms with van der Waals surface area (Å²) in [4.78, 5) is 34.8. The van der Waals surface area contributed by atoms with E-state index in [4.69, 9.17) is 9.47 Å². The largest absolute Gasteiger partial charge is 0.497 e. The Bertz CT molecular complexity index is 804. The molecule has 0 aromatic heterocycles. The first-order chi connectivity index (χ1) is 12.5. The lowest BCUT2D eigenvalue weighted by molar-refractivity contribution is -0.146. The van der Waals surface area contributed by atoms with Crippen LogP contribution in [0, 0.1) is 0 Å². The minimum absolute atomic E-state index is 0.0441. The SMILES string of the molecule is COc1cccc(CC(=O)OCC(=O)Nc2cccc(NC(C)=O)c2)c1. The molecule has 2 aromatic rings. The van der Waals surface area contributed by atoms with E-state index in [1.807, 2.05) is 0 Å². The molecule has 2 amide bonds. The summed E-state index contributed by atoms with van der Waals surface area (Å²) in [5.41, 5.74) is 1.79. The normalized spacial score (nSPS) is 9.92. The predicted octanol–water partition coefficient (Wildman–Crippen LogP) is 2.38. The van der Waals surface area contributed by atoms with Gasteiger partial charge in [0.05, 0.1) is 13.5 Å². The van der Waals surface area contributed by atoms with E-state index >= 15 is 0 Å². The van der Waals surface area contributed by atoms with Gasteiger partial charge in [0, 0.05) is 18.3 Å². The van der Waals surface area contributed by atoms with Crippen LogP contribution in [0.25, 0.3) is 0 Å². The van der Waals surface area contributed by atoms with E-state index in [0.717, 1.165) is 5.56 Å². The highest BCUT2D eigenvalue weighted by Gasteiger charge is 2.10. The van der Waals surface area contributed by atoms with E-state index in [9.17, 15) is 14.4 Å². The van der Waals surface area contributed by atoms with Crippen LogP contribution in [-0.2, 0) is 25.5 Å². The molecule has 0 fully saturated rings. The molecule has 0 heterocycles. The van der Waals surface area contributed by atoms with E-state index in [0.29, 0.717) is 17.1 Å². The van der Waals surface area contributed by atoms with E-state index in [1.54, 1.807) is 55.6 Å². The molecule has 0 saturated heterocycles. The standard InChI is InChI=1S/C19H20N2O5/c1-13(22)20-15-6-4-7-16(11-15)21-18(23)12-26-19(24)10-14-5-3-8-17(9-14)25-2/h3-9,11H,10,12H2,1-2H3,(H,20,22)(H,21,23). The Morgan fingerprint density at radius 2 is 1.65 bits per heavy atom. The fraction of sp³-hybridized carbons (Fsp3) is 0.211. The number of carbonyl (C=O) groups is 3. The average molecular weight is 356 g/mol. The zero-order valence-corrected chi connectivity index (χ0v) is 14.6. The first-order valence-corrected chi connectivity index (χ1v) is 7.92. The number of methoxy groups -OCH3 is 1. The molecule has 7 heteroatoms. The lowest BCUT2D eigenvalue weighted by atomic mass is 10.1. The summed E-state index contributed by atoms with van der Waals surface area (Å²) >= 11 is 0. The number of rotatable bonds is 7. The molecule has 0 aliphatic heterocycles. The van der Waals surface area contributed by atoms with Gasteiger partial charge < -0.3 is 20.1 Å². The molecule has 0 unspecified atom stereocenters. The smallest absolute Gasteiger partial charge is 0.310 e. The zero-order chi connectivity index (χ0) is 18.9. The molecule has 0 saturated carbocycles. The van der Waals surface area contributed by atoms with Gasteiger partial charge in [0.15, 0.2) is 6.61 Å². The third-order valence-corrected chi connectivity index (χ3v) is 3.31. The van der Waals surface area contributed by atoms with E-state index in [1.165, 1.54) is 6.92 Å². The summed E-state index contributed by atoms with van der Waals surface area (Å²) in [6.45, 7) is 1.00. The Morgan fingerprint density at radius 3 is 2.35 bits per heavy atom. The number of benzene rings is 2. The van der Waals surface area contributed by atoms with Gasteiger partial charge in [-0.15, -0.1) is 0 Å². The number of anilines is 2. The van der Waals surface area contributed by atoms with Crippen molar-refractivity contribution >= 4 is 29.2 Å². The van der Waals surface area contributed by atoms with Crippen molar-refractivity contribution in [2.45, 2.75) is 13.3 Å². The predicted molar refractivity (Wildman–Crippen MR) is 97.0 cm³/mol. The summed E-state index contributed by atoms with van der Waals surface area (Å²) < 4.78 is 10.1. The summed E-state index contributed by atoms with van der Waals surface area (Å²) in [5, 5.41) is 5.23. The number of amides is 2. The van der Waals surface area contributed by atoms with Crippen molar-refractivity contribution in [2.75, 3.05) is 24.4 Å². The summed E-state index contributed by atoms with van der Waals surface area (Å²) in [5.74, 6) is -0.545. The highest BCUT2D eigenvalue weighted by Crippen LogP contribution is 2.15. The maximum absolute atomic E-state index is 11.9. The second kappa shape index (κ2) is 9.22. The lowest BCUT2D eigenvalue weighted by Crippen LogP contribution is -2.21. The van der Waals surface area contributed by atoms with Gasteiger partial charge in [-0.05, 0) is 35.9 Å². The fourth-order valence-electron chi connectivity index (χ4n) is 2.22. The van der Waals surface area contributed by atoms with Crippen LogP contribution in [0.3, 0.4) is 0 Å². The summed E-state index contributed by atoms with van der Waals surface area (Å²) in [7, 11) is 1.54. The maximum Gasteiger partial charge on any atom is 0.310 e. The number of esters is 1. The molecule has 0 aliphatic carbocycles. The van der Waals surface area contributed by atoms with Gasteiger partial charge in [-0.3, -0.25) is 14.4 Å². The number of nitrogens with one attached hydrogen (secondary N) is 2. The number of hydrogen-bond acceptors (Lipinski definition) is 5. The quantitative estimate of drug-likeness (QED) is 0.743. The van der Waals surface area contributed by atoms with Gasteiger partial charge in [-0.25, -0.2) is 0 Å². The second-order valence-electron chi connectivity index (χ2n) is 5.50. The molecule has 2 rings (SSSR count). The Morgan fingerprint density at radius 1 is 0.962 bits per heavy atom. The average Bonchev–Trinajstić information content (AvgIpc) is 2.60. The number of ether oxygens (including phenoxy) is 2. The summed E-state index contributed by atoms with van der Waals surface area (Å²) in [6.07, 6.45) is 0.0441. The molecule has 2 N–H and O–H groups in total. The maximum atomic E-state index is 11.9. The lowest BCUT2D eigenvalue weighted by Gasteiger charge is -2.09. The highest BCUT2D eigenvalue weighted by molar-refractivity contribution is 5.94. The van der Waals surface area contributed by atoms with Crippen molar-refractivity contribution in [3.05, 3.63) is 54.1 Å². The van der Waals surface area contributed by atoms with Gasteiger partial charge in [-0.1, -0.05) is 18.2 Å². The molecule has 0 bridgehead atoms. The van der Waals surface area contributed by atoms with Crippen molar-refractivity contribution in [2.24, 2.45) is 0 Å². The Hall–Kier alpha value is -3.35. The van der Waals surface area contributed by atoms with Crippen LogP contribution in [0.2, 0.25) is 0 Å². The van der Waals surface area contributed by atoms with Crippen molar-refractivity contribution in [1.82, 2.24) is 0 Å². The molecule has 0 spiro atoms. The van der Waals surface area contributed by atoms with Gasteiger partial charge in [0.25, 0.3) is 5.91 Å². The van der Waals surface area contributed by atoms with Crippen LogP contribution < -0.4 is 15.4 Å². The molecule has 7 nitrogen and oxygen atoms in total. The third kappa shape index (κ3) is 6.27. The van der Waals surface area contributed by atoms with E-state index in [-0.39, 0.29) is 12.3 Å². The van der Waals surface area contributed by atoms with Crippen molar-refractivity contribution < 1.29 is 23.9 Å². The van der Waals surface area contributed by atoms with Gasteiger partial charge in [0.2, 0.25) is 5.91 Å². The van der Waals surface area contributed by atoms with Gasteiger partial charge >= 0.3 is 5.97 Å². The Balaban J connectivity index is 1.82. The number of hydrogen-bond donors (Lipinski definition) is 2. The first-order valence-electron chi connectivity index (χ1n) is 7.92. The van der Waals surface area contributed by atoms with E-state index in [2.05, 4.69) is 10.6 Å². The van der Waals surface area contributed by atoms with Crippen molar-refractivity contribution in [3.63, 3.8) is 0 Å². The molecule has 0 radical (unpaired) electrons. The fourth-order valence-corrected chi connectivity index (χ4v) is 2.22. The van der Waals surface area contributed by atoms with E-state index < -0.39 is 18.5 Å². The molecule has 2 aromatic carbocycles. The monoisotopic (exact) mass is 356 g/mol. The first kappa shape index (κ1) is 19.0. The van der Waals surface area contributed by atoms with Gasteiger partial charge in [-0.2, -0.15) is 0 Å². The summed E-state index contributed by atoms with van der Waals surface area (Å²) in [6, 6.07) is 13.7. The molecule has 26 heavy (non-hydrogen) atoms. The van der Waals surface area contributed by atoms with Crippen LogP contribution >= 0.6 is 0 Å². The third-order valence-electron chi connectivity index (χ3n) is 3.31. The second-order valence-corrected chi connectivity index (χ2v) is 5.50. The van der Waals surface area contributed by atoms with Crippen LogP contribution in [-0.4, -0.2) is 31.5 Å². The topological polar surface area (TPSA) is 93.7 Å². The zero-order valence-electron chi connectivity index (χ0n) is 14.6. The van der Waals surface area contributed by atoms with Crippen LogP contribution in [0.1, 0.15) is 12.5 Å². The Kier molecular flexibility index (Phi) is 6.73. The minimum Gasteiger partial charge on any atom is -0.497 e. The van der Waals surface area contributed by atoms with Crippen molar-refractivity contribution in [3.8, 4) is 5.75 Å². The van der Waals surface area contributed by atoms with Gasteiger partial charge in [0.1, 0.15) is 5.75 Å². The highest BCUT2D eigenvalue weighted by atomic mass is 16.5. The molecular weight excluding hydrogens is 336 g/mol. The van der Waals surface area contributed by atoms with Crippen LogP contribution in [0.5, 0.6) is 5.75 Å². The molecular formula is C19H20N2O5. The number of carbonyl (C=O) groups excluding carboxylic acids is 3.